The Morgan fingerprint density at radius 1 is 0.583 bits per heavy atom. The van der Waals surface area contributed by atoms with E-state index in [1.54, 1.807) is 0 Å². The van der Waals surface area contributed by atoms with Crippen LogP contribution in [0.15, 0.2) is 78.9 Å². The van der Waals surface area contributed by atoms with Gasteiger partial charge >= 0.3 is 0 Å². The second kappa shape index (κ2) is 13.2. The van der Waals surface area contributed by atoms with Gasteiger partial charge in [-0.3, -0.25) is 0 Å². The third-order valence-electron chi connectivity index (χ3n) is 8.12. The maximum atomic E-state index is 11.5. The van der Waals surface area contributed by atoms with Crippen molar-refractivity contribution in [3.05, 3.63) is 107 Å². The highest BCUT2D eigenvalue weighted by Gasteiger charge is 2.27. The van der Waals surface area contributed by atoms with Crippen LogP contribution in [0.5, 0.6) is 0 Å². The Kier molecular flexibility index (Phi) is 10.4. The van der Waals surface area contributed by atoms with Crippen molar-refractivity contribution in [2.45, 2.75) is 91.6 Å². The van der Waals surface area contributed by atoms with E-state index in [0.717, 1.165) is 18.4 Å². The molecule has 3 unspecified atom stereocenters. The van der Waals surface area contributed by atoms with E-state index in [2.05, 4.69) is 121 Å². The number of hydrogen-bond acceptors (Lipinski definition) is 1. The molecule has 3 aromatic rings. The first-order chi connectivity index (χ1) is 17.2. The summed E-state index contributed by atoms with van der Waals surface area (Å²) in [4.78, 5) is 0. The number of benzene rings is 3. The third-order valence-corrected chi connectivity index (χ3v) is 8.12. The molecule has 0 saturated carbocycles. The van der Waals surface area contributed by atoms with E-state index < -0.39 is 6.10 Å². The number of aryl methyl sites for hydroxylation is 1. The molecule has 0 fully saturated rings. The predicted molar refractivity (Wildman–Crippen MR) is 156 cm³/mol. The van der Waals surface area contributed by atoms with Crippen molar-refractivity contribution in [1.29, 1.82) is 0 Å². The first-order valence-electron chi connectivity index (χ1n) is 14.1. The molecule has 0 aliphatic carbocycles. The fourth-order valence-electron chi connectivity index (χ4n) is 6.02. The predicted octanol–water partition coefficient (Wildman–Crippen LogP) is 9.68. The average molecular weight is 485 g/mol. The van der Waals surface area contributed by atoms with Crippen LogP contribution in [0.2, 0.25) is 0 Å². The highest BCUT2D eigenvalue weighted by atomic mass is 16.3. The zero-order valence-electron chi connectivity index (χ0n) is 23.6. The van der Waals surface area contributed by atoms with Gasteiger partial charge in [-0.15, -0.1) is 0 Å². The molecule has 1 N–H and O–H groups in total. The van der Waals surface area contributed by atoms with Gasteiger partial charge in [0.1, 0.15) is 0 Å². The van der Waals surface area contributed by atoms with Crippen molar-refractivity contribution in [3.8, 4) is 0 Å². The topological polar surface area (TPSA) is 20.2 Å². The molecule has 1 heteroatoms. The van der Waals surface area contributed by atoms with Crippen molar-refractivity contribution < 1.29 is 5.11 Å². The summed E-state index contributed by atoms with van der Waals surface area (Å²) < 4.78 is 0. The summed E-state index contributed by atoms with van der Waals surface area (Å²) in [5, 5.41) is 11.5. The van der Waals surface area contributed by atoms with Crippen LogP contribution in [-0.4, -0.2) is 5.11 Å². The Bertz CT molecular complexity index is 1030. The fourth-order valence-corrected chi connectivity index (χ4v) is 6.02. The van der Waals surface area contributed by atoms with E-state index in [4.69, 9.17) is 0 Å². The minimum Gasteiger partial charge on any atom is -0.388 e. The lowest BCUT2D eigenvalue weighted by Crippen LogP contribution is -2.17. The number of aliphatic hydroxyl groups is 1. The van der Waals surface area contributed by atoms with Crippen LogP contribution in [-0.2, 0) is 6.42 Å². The van der Waals surface area contributed by atoms with Crippen LogP contribution in [0.4, 0.5) is 0 Å². The first-order valence-corrected chi connectivity index (χ1v) is 14.1. The number of aliphatic hydroxyl groups excluding tert-OH is 1. The molecule has 0 aliphatic heterocycles. The average Bonchev–Trinajstić information content (AvgIpc) is 2.86. The molecule has 4 atom stereocenters. The molecule has 0 aromatic heterocycles. The van der Waals surface area contributed by atoms with Crippen molar-refractivity contribution >= 4 is 0 Å². The SMILES string of the molecule is CC[C@@H](c1ccc(CCC(c2cccc(C(O)C(c3ccccc3)C(C)C)c2)C(C)C)cc1)C(C)C. The zero-order chi connectivity index (χ0) is 26.2. The molecule has 0 amide bonds. The molecule has 3 rings (SSSR count). The first kappa shape index (κ1) is 28.2. The standard InChI is InChI=1S/C35H48O/c1-8-32(24(2)3)28-20-17-27(18-21-28)19-22-33(25(4)5)30-15-12-16-31(23-30)35(36)34(26(6)7)29-13-10-9-11-14-29/h9-18,20-21,23-26,32-36H,8,19,22H2,1-7H3/t32-,33?,34?,35?/m1/s1. The minimum atomic E-state index is -0.514. The Morgan fingerprint density at radius 2 is 1.17 bits per heavy atom. The van der Waals surface area contributed by atoms with Gasteiger partial charge in [-0.2, -0.15) is 0 Å². The third kappa shape index (κ3) is 7.10. The van der Waals surface area contributed by atoms with Crippen molar-refractivity contribution in [1.82, 2.24) is 0 Å². The van der Waals surface area contributed by atoms with Crippen molar-refractivity contribution in [2.75, 3.05) is 0 Å². The van der Waals surface area contributed by atoms with Gasteiger partial charge in [-0.25, -0.2) is 0 Å². The van der Waals surface area contributed by atoms with Crippen LogP contribution >= 0.6 is 0 Å². The van der Waals surface area contributed by atoms with E-state index in [0.29, 0.717) is 29.6 Å². The van der Waals surface area contributed by atoms with Gasteiger partial charge in [0.2, 0.25) is 0 Å². The highest BCUT2D eigenvalue weighted by Crippen LogP contribution is 2.39. The van der Waals surface area contributed by atoms with E-state index in [-0.39, 0.29) is 5.92 Å². The molecule has 0 radical (unpaired) electrons. The Labute approximate surface area is 221 Å². The van der Waals surface area contributed by atoms with Gasteiger partial charge in [0.25, 0.3) is 0 Å². The molecule has 3 aromatic carbocycles. The van der Waals surface area contributed by atoms with Crippen LogP contribution in [0.3, 0.4) is 0 Å². The summed E-state index contributed by atoms with van der Waals surface area (Å²) in [5.41, 5.74) is 6.47. The van der Waals surface area contributed by atoms with E-state index >= 15 is 0 Å². The maximum absolute atomic E-state index is 11.5. The van der Waals surface area contributed by atoms with Gasteiger partial charge in [0.05, 0.1) is 6.10 Å². The molecular formula is C35H48O. The Hall–Kier alpha value is -2.38. The van der Waals surface area contributed by atoms with Gasteiger partial charge < -0.3 is 5.11 Å². The lowest BCUT2D eigenvalue weighted by atomic mass is 9.79. The molecule has 0 spiro atoms. The van der Waals surface area contributed by atoms with Crippen LogP contribution in [0.25, 0.3) is 0 Å². The van der Waals surface area contributed by atoms with Crippen LogP contribution in [0.1, 0.15) is 113 Å². The summed E-state index contributed by atoms with van der Waals surface area (Å²) in [6, 6.07) is 28.6. The largest absolute Gasteiger partial charge is 0.388 e. The summed E-state index contributed by atoms with van der Waals surface area (Å²) in [6.45, 7) is 16.0. The molecule has 194 valence electrons. The smallest absolute Gasteiger partial charge is 0.0861 e. The fraction of sp³-hybridized carbons (Fsp3) is 0.486. The number of rotatable bonds is 12. The monoisotopic (exact) mass is 484 g/mol. The normalized spacial score (nSPS) is 15.3. The van der Waals surface area contributed by atoms with Crippen molar-refractivity contribution in [3.63, 3.8) is 0 Å². The van der Waals surface area contributed by atoms with E-state index in [1.165, 1.54) is 28.7 Å². The molecule has 0 saturated heterocycles. The minimum absolute atomic E-state index is 0.0789. The summed E-state index contributed by atoms with van der Waals surface area (Å²) in [7, 11) is 0. The van der Waals surface area contributed by atoms with Crippen LogP contribution < -0.4 is 0 Å². The van der Waals surface area contributed by atoms with Crippen LogP contribution in [0, 0.1) is 17.8 Å². The quantitative estimate of drug-likeness (QED) is 0.271. The highest BCUT2D eigenvalue weighted by molar-refractivity contribution is 5.33. The summed E-state index contributed by atoms with van der Waals surface area (Å²) in [5.74, 6) is 2.74. The molecule has 0 aliphatic rings. The second-order valence-corrected chi connectivity index (χ2v) is 11.7. The molecule has 0 bridgehead atoms. The Morgan fingerprint density at radius 3 is 1.72 bits per heavy atom. The molecule has 0 heterocycles. The lowest BCUT2D eigenvalue weighted by Gasteiger charge is -2.29. The molecule has 36 heavy (non-hydrogen) atoms. The summed E-state index contributed by atoms with van der Waals surface area (Å²) >= 11 is 0. The van der Waals surface area contributed by atoms with E-state index in [1.807, 2.05) is 6.07 Å². The number of hydrogen-bond donors (Lipinski definition) is 1. The maximum Gasteiger partial charge on any atom is 0.0861 e. The van der Waals surface area contributed by atoms with Gasteiger partial charge in [0, 0.05) is 5.92 Å². The molecular weight excluding hydrogens is 436 g/mol. The van der Waals surface area contributed by atoms with Gasteiger partial charge in [-0.05, 0) is 76.7 Å². The van der Waals surface area contributed by atoms with Gasteiger partial charge in [-0.1, -0.05) is 127 Å². The molecule has 1 nitrogen and oxygen atoms in total. The second-order valence-electron chi connectivity index (χ2n) is 11.7. The van der Waals surface area contributed by atoms with Crippen molar-refractivity contribution in [2.24, 2.45) is 17.8 Å². The van der Waals surface area contributed by atoms with E-state index in [9.17, 15) is 5.11 Å². The zero-order valence-corrected chi connectivity index (χ0v) is 23.6. The van der Waals surface area contributed by atoms with Gasteiger partial charge in [0.15, 0.2) is 0 Å². The lowest BCUT2D eigenvalue weighted by molar-refractivity contribution is 0.123. The Balaban J connectivity index is 1.77. The summed E-state index contributed by atoms with van der Waals surface area (Å²) in [6.07, 6.45) is 2.87.